The maximum atomic E-state index is 5.56. The summed E-state index contributed by atoms with van der Waals surface area (Å²) >= 11 is 0. The summed E-state index contributed by atoms with van der Waals surface area (Å²) < 4.78 is 11.1. The van der Waals surface area contributed by atoms with Crippen LogP contribution in [0, 0.1) is 0 Å². The normalized spacial score (nSPS) is 19.4. The average molecular weight is 355 g/mol. The lowest BCUT2D eigenvalue weighted by Gasteiger charge is -2.40. The molecule has 0 atom stereocenters. The lowest BCUT2D eigenvalue weighted by Crippen LogP contribution is -2.46. The van der Waals surface area contributed by atoms with Gasteiger partial charge in [-0.2, -0.15) is 0 Å². The predicted octanol–water partition coefficient (Wildman–Crippen LogP) is 3.64. The molecule has 2 aromatic rings. The van der Waals surface area contributed by atoms with Gasteiger partial charge in [-0.1, -0.05) is 0 Å². The van der Waals surface area contributed by atoms with Crippen molar-refractivity contribution in [3.8, 4) is 11.5 Å². The minimum absolute atomic E-state index is 0.115. The van der Waals surface area contributed by atoms with Crippen molar-refractivity contribution in [2.45, 2.75) is 44.6 Å². The molecule has 26 heavy (non-hydrogen) atoms. The summed E-state index contributed by atoms with van der Waals surface area (Å²) in [5, 5.41) is 5.09. The molecule has 2 heterocycles. The summed E-state index contributed by atoms with van der Waals surface area (Å²) in [6, 6.07) is 4.09. The Hall–Kier alpha value is -2.01. The highest BCUT2D eigenvalue weighted by Gasteiger charge is 2.31. The van der Waals surface area contributed by atoms with Gasteiger partial charge in [-0.05, 0) is 57.7 Å². The van der Waals surface area contributed by atoms with E-state index in [1.165, 1.54) is 23.4 Å². The Balaban J connectivity index is 1.84. The summed E-state index contributed by atoms with van der Waals surface area (Å²) in [5.41, 5.74) is 5.00. The lowest BCUT2D eigenvalue weighted by atomic mass is 9.88. The molecule has 0 radical (unpaired) electrons. The van der Waals surface area contributed by atoms with Crippen LogP contribution in [0.2, 0.25) is 0 Å². The van der Waals surface area contributed by atoms with Crippen LogP contribution in [0.1, 0.15) is 37.4 Å². The highest BCUT2D eigenvalue weighted by Crippen LogP contribution is 2.41. The van der Waals surface area contributed by atoms with Gasteiger partial charge in [-0.15, -0.1) is 0 Å². The molecular weight excluding hydrogens is 326 g/mol. The molecule has 0 amide bonds. The number of piperidine rings is 1. The van der Waals surface area contributed by atoms with Crippen LogP contribution < -0.4 is 14.8 Å². The molecule has 4 rings (SSSR count). The molecule has 1 aromatic carbocycles. The minimum atomic E-state index is 0.115. The summed E-state index contributed by atoms with van der Waals surface area (Å²) in [6.07, 6.45) is 5.64. The average Bonchev–Trinajstić information content (AvgIpc) is 3.11. The minimum Gasteiger partial charge on any atom is -0.493 e. The first kappa shape index (κ1) is 17.4. The van der Waals surface area contributed by atoms with E-state index in [0.717, 1.165) is 61.2 Å². The fourth-order valence-corrected chi connectivity index (χ4v) is 4.27. The van der Waals surface area contributed by atoms with E-state index in [-0.39, 0.29) is 5.54 Å². The van der Waals surface area contributed by atoms with Crippen LogP contribution in [0.4, 0.5) is 5.69 Å². The molecule has 1 fully saturated rings. The third-order valence-electron chi connectivity index (χ3n) is 6.03. The van der Waals surface area contributed by atoms with Gasteiger partial charge >= 0.3 is 0 Å². The Kier molecular flexibility index (Phi) is 4.43. The number of fused-ring (bicyclic) bond motifs is 2. The zero-order valence-corrected chi connectivity index (χ0v) is 16.3. The number of nitrogens with one attached hydrogen (secondary N) is 1. The summed E-state index contributed by atoms with van der Waals surface area (Å²) in [7, 11) is 5.57. The molecule has 1 N–H and O–H groups in total. The molecule has 1 saturated heterocycles. The number of aromatic nitrogens is 1. The summed E-state index contributed by atoms with van der Waals surface area (Å²) in [5.74, 6) is 1.50. The Morgan fingerprint density at radius 1 is 1.08 bits per heavy atom. The van der Waals surface area contributed by atoms with Crippen LogP contribution in [-0.4, -0.2) is 49.8 Å². The van der Waals surface area contributed by atoms with Crippen molar-refractivity contribution in [3.05, 3.63) is 23.4 Å². The molecule has 1 aliphatic heterocycles. The van der Waals surface area contributed by atoms with Crippen molar-refractivity contribution in [1.82, 2.24) is 9.88 Å². The van der Waals surface area contributed by atoms with Crippen molar-refractivity contribution in [2.24, 2.45) is 0 Å². The van der Waals surface area contributed by atoms with E-state index in [2.05, 4.69) is 30.3 Å². The first-order valence-corrected chi connectivity index (χ1v) is 9.57. The Bertz CT molecular complexity index is 826. The van der Waals surface area contributed by atoms with Gasteiger partial charge in [0.05, 0.1) is 19.7 Å². The van der Waals surface area contributed by atoms with Crippen LogP contribution in [-0.2, 0) is 12.8 Å². The van der Waals surface area contributed by atoms with E-state index < -0.39 is 0 Å². The second kappa shape index (κ2) is 6.62. The molecule has 0 bridgehead atoms. The summed E-state index contributed by atoms with van der Waals surface area (Å²) in [6.45, 7) is 4.62. The molecule has 5 nitrogen and oxygen atoms in total. The fraction of sp³-hybridized carbons (Fsp3) is 0.571. The van der Waals surface area contributed by atoms with Gasteiger partial charge in [-0.25, -0.2) is 0 Å². The number of nitrogens with zero attached hydrogens (tertiary/aromatic N) is 2. The van der Waals surface area contributed by atoms with Crippen molar-refractivity contribution in [1.29, 1.82) is 0 Å². The molecule has 2 aliphatic rings. The van der Waals surface area contributed by atoms with Crippen molar-refractivity contribution >= 4 is 16.6 Å². The fourth-order valence-electron chi connectivity index (χ4n) is 4.27. The number of anilines is 1. The molecule has 0 saturated carbocycles. The third kappa shape index (κ3) is 2.98. The first-order chi connectivity index (χ1) is 12.5. The van der Waals surface area contributed by atoms with Gasteiger partial charge in [0.2, 0.25) is 0 Å². The van der Waals surface area contributed by atoms with E-state index in [0.29, 0.717) is 0 Å². The zero-order chi connectivity index (χ0) is 18.3. The number of benzene rings is 1. The largest absolute Gasteiger partial charge is 0.493 e. The standard InChI is InChI=1S/C21H29N3O2/c1-21(8-10-24(2)11-9-21)23-20-14-6-5-7-16(14)22-17-13-19(26-4)18(25-3)12-15(17)20/h12-13H,5-11H2,1-4H3,(H,22,23). The Morgan fingerprint density at radius 2 is 1.77 bits per heavy atom. The molecule has 1 aliphatic carbocycles. The molecule has 140 valence electrons. The molecular formula is C21H29N3O2. The SMILES string of the molecule is COc1cc2nc3c(c(NC4(C)CCN(C)CC4)c2cc1OC)CCC3. The number of rotatable bonds is 4. The number of hydrogen-bond acceptors (Lipinski definition) is 5. The molecule has 1 aromatic heterocycles. The van der Waals surface area contributed by atoms with E-state index >= 15 is 0 Å². The van der Waals surface area contributed by atoms with E-state index in [1.54, 1.807) is 14.2 Å². The third-order valence-corrected chi connectivity index (χ3v) is 6.03. The van der Waals surface area contributed by atoms with Crippen molar-refractivity contribution in [3.63, 3.8) is 0 Å². The highest BCUT2D eigenvalue weighted by molar-refractivity contribution is 5.96. The summed E-state index contributed by atoms with van der Waals surface area (Å²) in [4.78, 5) is 7.35. The van der Waals surface area contributed by atoms with Crippen molar-refractivity contribution < 1.29 is 9.47 Å². The van der Waals surface area contributed by atoms with Crippen molar-refractivity contribution in [2.75, 3.05) is 39.7 Å². The van der Waals surface area contributed by atoms with Gasteiger partial charge in [0, 0.05) is 41.5 Å². The zero-order valence-electron chi connectivity index (χ0n) is 16.3. The number of methoxy groups -OCH3 is 2. The second-order valence-corrected chi connectivity index (χ2v) is 7.98. The van der Waals surface area contributed by atoms with E-state index in [4.69, 9.17) is 14.5 Å². The maximum absolute atomic E-state index is 5.56. The van der Waals surface area contributed by atoms with Gasteiger partial charge in [-0.3, -0.25) is 4.98 Å². The van der Waals surface area contributed by atoms with Gasteiger partial charge in [0.1, 0.15) is 0 Å². The van der Waals surface area contributed by atoms with Crippen LogP contribution in [0.3, 0.4) is 0 Å². The predicted molar refractivity (Wildman–Crippen MR) is 106 cm³/mol. The first-order valence-electron chi connectivity index (χ1n) is 9.57. The van der Waals surface area contributed by atoms with Crippen LogP contribution in [0.25, 0.3) is 10.9 Å². The smallest absolute Gasteiger partial charge is 0.162 e. The molecule has 0 unspecified atom stereocenters. The Morgan fingerprint density at radius 3 is 2.46 bits per heavy atom. The topological polar surface area (TPSA) is 46.6 Å². The maximum Gasteiger partial charge on any atom is 0.162 e. The van der Waals surface area contributed by atoms with Gasteiger partial charge < -0.3 is 19.7 Å². The number of hydrogen-bond donors (Lipinski definition) is 1. The van der Waals surface area contributed by atoms with Crippen LogP contribution >= 0.6 is 0 Å². The monoisotopic (exact) mass is 355 g/mol. The lowest BCUT2D eigenvalue weighted by molar-refractivity contribution is 0.216. The number of ether oxygens (including phenoxy) is 2. The number of pyridine rings is 1. The molecule has 0 spiro atoms. The Labute approximate surface area is 155 Å². The van der Waals surface area contributed by atoms with Crippen LogP contribution in [0.5, 0.6) is 11.5 Å². The molecule has 5 heteroatoms. The number of aryl methyl sites for hydroxylation is 1. The van der Waals surface area contributed by atoms with Crippen LogP contribution in [0.15, 0.2) is 12.1 Å². The van der Waals surface area contributed by atoms with E-state index in [1.807, 2.05) is 6.07 Å². The second-order valence-electron chi connectivity index (χ2n) is 7.98. The number of likely N-dealkylation sites (tertiary alicyclic amines) is 1. The van der Waals surface area contributed by atoms with Gasteiger partial charge in [0.25, 0.3) is 0 Å². The van der Waals surface area contributed by atoms with E-state index in [9.17, 15) is 0 Å². The highest BCUT2D eigenvalue weighted by atomic mass is 16.5. The quantitative estimate of drug-likeness (QED) is 0.907. The van der Waals surface area contributed by atoms with Gasteiger partial charge in [0.15, 0.2) is 11.5 Å².